The molecular formula is C19H27N3O5S. The number of nitrogens with zero attached hydrogens (tertiary/aromatic N) is 1. The molecule has 28 heavy (non-hydrogen) atoms. The summed E-state index contributed by atoms with van der Waals surface area (Å²) in [5, 5.41) is 5.76. The molecule has 1 amide bonds. The molecule has 2 aromatic rings. The van der Waals surface area contributed by atoms with E-state index in [9.17, 15) is 13.2 Å². The van der Waals surface area contributed by atoms with Crippen LogP contribution in [-0.4, -0.2) is 45.4 Å². The summed E-state index contributed by atoms with van der Waals surface area (Å²) >= 11 is 0. The Morgan fingerprint density at radius 3 is 2.54 bits per heavy atom. The lowest BCUT2D eigenvalue weighted by molar-refractivity contribution is -0.115. The Morgan fingerprint density at radius 2 is 1.96 bits per heavy atom. The number of hydrogen-bond donors (Lipinski definition) is 2. The van der Waals surface area contributed by atoms with Crippen LogP contribution in [0.2, 0.25) is 0 Å². The van der Waals surface area contributed by atoms with Crippen LogP contribution in [0.1, 0.15) is 32.6 Å². The maximum absolute atomic E-state index is 12.7. The average Bonchev–Trinajstić information content (AvgIpc) is 3.21. The third-order valence-corrected chi connectivity index (χ3v) is 6.37. The minimum Gasteiger partial charge on any atom is -0.495 e. The van der Waals surface area contributed by atoms with Gasteiger partial charge in [0.2, 0.25) is 15.9 Å². The molecule has 0 radical (unpaired) electrons. The number of nitrogens with one attached hydrogen (secondary N) is 2. The predicted octanol–water partition coefficient (Wildman–Crippen LogP) is 2.61. The molecule has 0 saturated carbocycles. The zero-order valence-electron chi connectivity index (χ0n) is 16.6. The van der Waals surface area contributed by atoms with Gasteiger partial charge in [0.15, 0.2) is 0 Å². The fraction of sp³-hybridized carbons (Fsp3) is 0.421. The minimum atomic E-state index is -3.64. The van der Waals surface area contributed by atoms with E-state index in [0.29, 0.717) is 24.5 Å². The number of hydrogen-bond acceptors (Lipinski definition) is 6. The number of methoxy groups -OCH3 is 1. The van der Waals surface area contributed by atoms with Gasteiger partial charge in [-0.2, -0.15) is 4.31 Å². The topological polar surface area (TPSA) is 101 Å². The van der Waals surface area contributed by atoms with Gasteiger partial charge in [0, 0.05) is 13.1 Å². The second-order valence-corrected chi connectivity index (χ2v) is 8.06. The standard InChI is InChI=1S/C19H27N3O5S/c1-5-22(6-2)28(24,25)15-9-10-18(26-4)16(12-15)21-19(23)13-20-14(3)17-8-7-11-27-17/h7-12,14,20H,5-6,13H2,1-4H3,(H,21,23)/t14-/m1/s1. The van der Waals surface area contributed by atoms with Crippen LogP contribution in [-0.2, 0) is 14.8 Å². The second-order valence-electron chi connectivity index (χ2n) is 6.12. The monoisotopic (exact) mass is 409 g/mol. The van der Waals surface area contributed by atoms with Crippen LogP contribution in [0.15, 0.2) is 45.9 Å². The summed E-state index contributed by atoms with van der Waals surface area (Å²) in [5.74, 6) is 0.776. The van der Waals surface area contributed by atoms with Crippen molar-refractivity contribution >= 4 is 21.6 Å². The molecule has 0 fully saturated rings. The Kier molecular flexibility index (Phi) is 7.61. The highest BCUT2D eigenvalue weighted by atomic mass is 32.2. The van der Waals surface area contributed by atoms with Gasteiger partial charge in [0.1, 0.15) is 11.5 Å². The third kappa shape index (κ3) is 5.12. The van der Waals surface area contributed by atoms with E-state index in [4.69, 9.17) is 9.15 Å². The van der Waals surface area contributed by atoms with Crippen LogP contribution in [0.3, 0.4) is 0 Å². The number of carbonyl (C=O) groups excluding carboxylic acids is 1. The highest BCUT2D eigenvalue weighted by molar-refractivity contribution is 7.89. The first kappa shape index (κ1) is 21.9. The van der Waals surface area contributed by atoms with Crippen molar-refractivity contribution < 1.29 is 22.4 Å². The van der Waals surface area contributed by atoms with Crippen molar-refractivity contribution in [3.05, 3.63) is 42.4 Å². The summed E-state index contributed by atoms with van der Waals surface area (Å²) in [5.41, 5.74) is 0.299. The van der Waals surface area contributed by atoms with Crippen molar-refractivity contribution in [2.24, 2.45) is 0 Å². The number of carbonyl (C=O) groups is 1. The van der Waals surface area contributed by atoms with E-state index >= 15 is 0 Å². The van der Waals surface area contributed by atoms with Crippen LogP contribution in [0, 0.1) is 0 Å². The summed E-state index contributed by atoms with van der Waals surface area (Å²) in [6, 6.07) is 7.88. The number of ether oxygens (including phenoxy) is 1. The fourth-order valence-corrected chi connectivity index (χ4v) is 4.22. The van der Waals surface area contributed by atoms with Crippen LogP contribution in [0.5, 0.6) is 5.75 Å². The Hall–Kier alpha value is -2.36. The van der Waals surface area contributed by atoms with E-state index in [0.717, 1.165) is 5.76 Å². The summed E-state index contributed by atoms with van der Waals surface area (Å²) in [4.78, 5) is 12.4. The molecule has 1 atom stereocenters. The van der Waals surface area contributed by atoms with Gasteiger partial charge in [-0.3, -0.25) is 10.1 Å². The van der Waals surface area contributed by atoms with Crippen LogP contribution >= 0.6 is 0 Å². The third-order valence-electron chi connectivity index (χ3n) is 4.33. The molecule has 1 heterocycles. The summed E-state index contributed by atoms with van der Waals surface area (Å²) in [6.07, 6.45) is 1.57. The number of furan rings is 1. The molecule has 1 aromatic heterocycles. The highest BCUT2D eigenvalue weighted by Crippen LogP contribution is 2.29. The molecule has 0 unspecified atom stereocenters. The van der Waals surface area contributed by atoms with Crippen molar-refractivity contribution in [3.63, 3.8) is 0 Å². The van der Waals surface area contributed by atoms with Crippen LogP contribution in [0.25, 0.3) is 0 Å². The smallest absolute Gasteiger partial charge is 0.243 e. The second kappa shape index (κ2) is 9.72. The molecule has 2 rings (SSSR count). The van der Waals surface area contributed by atoms with Crippen molar-refractivity contribution in [1.29, 1.82) is 0 Å². The van der Waals surface area contributed by atoms with Crippen molar-refractivity contribution in [1.82, 2.24) is 9.62 Å². The van der Waals surface area contributed by atoms with E-state index in [-0.39, 0.29) is 23.4 Å². The number of amides is 1. The molecule has 2 N–H and O–H groups in total. The Morgan fingerprint density at radius 1 is 1.25 bits per heavy atom. The minimum absolute atomic E-state index is 0.0258. The fourth-order valence-electron chi connectivity index (χ4n) is 2.74. The van der Waals surface area contributed by atoms with Crippen molar-refractivity contribution in [2.75, 3.05) is 32.1 Å². The molecular weight excluding hydrogens is 382 g/mol. The predicted molar refractivity (Wildman–Crippen MR) is 107 cm³/mol. The van der Waals surface area contributed by atoms with Crippen molar-refractivity contribution in [2.45, 2.75) is 31.7 Å². The summed E-state index contributed by atoms with van der Waals surface area (Å²) in [7, 11) is -2.18. The van der Waals surface area contributed by atoms with Crippen molar-refractivity contribution in [3.8, 4) is 5.75 Å². The molecule has 0 aliphatic rings. The Labute approximate surface area is 165 Å². The maximum Gasteiger partial charge on any atom is 0.243 e. The van der Waals surface area contributed by atoms with Gasteiger partial charge in [-0.1, -0.05) is 13.8 Å². The highest BCUT2D eigenvalue weighted by Gasteiger charge is 2.23. The van der Waals surface area contributed by atoms with E-state index in [1.54, 1.807) is 26.2 Å². The largest absolute Gasteiger partial charge is 0.495 e. The van der Waals surface area contributed by atoms with Gasteiger partial charge in [-0.05, 0) is 37.3 Å². The van der Waals surface area contributed by atoms with E-state index < -0.39 is 10.0 Å². The van der Waals surface area contributed by atoms with Crippen LogP contribution in [0.4, 0.5) is 5.69 Å². The molecule has 0 spiro atoms. The quantitative estimate of drug-likeness (QED) is 0.626. The van der Waals surface area contributed by atoms with E-state index in [1.807, 2.05) is 13.0 Å². The van der Waals surface area contributed by atoms with E-state index in [1.165, 1.54) is 29.6 Å². The zero-order chi connectivity index (χ0) is 20.7. The lowest BCUT2D eigenvalue weighted by Gasteiger charge is -2.20. The van der Waals surface area contributed by atoms with Gasteiger partial charge >= 0.3 is 0 Å². The van der Waals surface area contributed by atoms with Gasteiger partial charge < -0.3 is 14.5 Å². The SMILES string of the molecule is CCN(CC)S(=O)(=O)c1ccc(OC)c(NC(=O)CN[C@H](C)c2ccco2)c1. The molecule has 8 nitrogen and oxygen atoms in total. The number of benzene rings is 1. The average molecular weight is 410 g/mol. The first-order chi connectivity index (χ1) is 13.3. The Bertz CT molecular complexity index is 877. The van der Waals surface area contributed by atoms with Gasteiger partial charge in [-0.15, -0.1) is 0 Å². The molecule has 0 saturated heterocycles. The normalized spacial score (nSPS) is 12.8. The molecule has 1 aromatic carbocycles. The molecule has 0 aliphatic heterocycles. The summed E-state index contributed by atoms with van der Waals surface area (Å²) in [6.45, 7) is 6.18. The zero-order valence-corrected chi connectivity index (χ0v) is 17.4. The molecule has 9 heteroatoms. The lowest BCUT2D eigenvalue weighted by Crippen LogP contribution is -2.31. The molecule has 154 valence electrons. The van der Waals surface area contributed by atoms with Gasteiger partial charge in [0.25, 0.3) is 0 Å². The van der Waals surface area contributed by atoms with E-state index in [2.05, 4.69) is 10.6 Å². The Balaban J connectivity index is 2.14. The van der Waals surface area contributed by atoms with Gasteiger partial charge in [-0.25, -0.2) is 8.42 Å². The molecule has 0 bridgehead atoms. The number of rotatable bonds is 10. The number of anilines is 1. The first-order valence-electron chi connectivity index (χ1n) is 9.08. The molecule has 0 aliphatic carbocycles. The lowest BCUT2D eigenvalue weighted by atomic mass is 10.2. The number of sulfonamides is 1. The first-order valence-corrected chi connectivity index (χ1v) is 10.5. The van der Waals surface area contributed by atoms with Gasteiger partial charge in [0.05, 0.1) is 36.5 Å². The van der Waals surface area contributed by atoms with Crippen LogP contribution < -0.4 is 15.4 Å². The maximum atomic E-state index is 12.7. The summed E-state index contributed by atoms with van der Waals surface area (Å²) < 4.78 is 37.4.